The first-order chi connectivity index (χ1) is 13.9. The van der Waals surface area contributed by atoms with Crippen LogP contribution >= 0.6 is 15.9 Å². The van der Waals surface area contributed by atoms with E-state index in [0.717, 1.165) is 11.1 Å². The van der Waals surface area contributed by atoms with Gasteiger partial charge in [-0.2, -0.15) is 10.2 Å². The number of nitrogens with zero attached hydrogens (tertiary/aromatic N) is 3. The minimum atomic E-state index is -0.435. The molecule has 8 nitrogen and oxygen atoms in total. The molecule has 1 aliphatic heterocycles. The SMILES string of the molecule is COC(=O)c1cc(Nc2ncc(C)c(N[C@@H]3COCC[C@H]3C#N)n2)cc(C)c1Br. The first-order valence-corrected chi connectivity index (χ1v) is 9.95. The summed E-state index contributed by atoms with van der Waals surface area (Å²) in [7, 11) is 1.34. The van der Waals surface area contributed by atoms with E-state index < -0.39 is 5.97 Å². The van der Waals surface area contributed by atoms with Crippen molar-refractivity contribution < 1.29 is 14.3 Å². The molecular formula is C20H22BrN5O3. The van der Waals surface area contributed by atoms with Crippen molar-refractivity contribution in [3.8, 4) is 6.07 Å². The Hall–Kier alpha value is -2.70. The lowest BCUT2D eigenvalue weighted by atomic mass is 9.96. The van der Waals surface area contributed by atoms with Crippen LogP contribution in [0.1, 0.15) is 27.9 Å². The number of halogens is 1. The molecule has 1 saturated heterocycles. The molecule has 9 heteroatoms. The third kappa shape index (κ3) is 4.83. The summed E-state index contributed by atoms with van der Waals surface area (Å²) in [6.45, 7) is 4.84. The van der Waals surface area contributed by atoms with Crippen LogP contribution in [0.5, 0.6) is 0 Å². The molecule has 2 heterocycles. The fourth-order valence-corrected chi connectivity index (χ4v) is 3.48. The van der Waals surface area contributed by atoms with Crippen LogP contribution in [0.25, 0.3) is 0 Å². The molecule has 0 spiro atoms. The highest BCUT2D eigenvalue weighted by molar-refractivity contribution is 9.10. The molecule has 1 aromatic carbocycles. The maximum Gasteiger partial charge on any atom is 0.339 e. The number of rotatable bonds is 5. The smallest absolute Gasteiger partial charge is 0.339 e. The predicted molar refractivity (Wildman–Crippen MR) is 112 cm³/mol. The van der Waals surface area contributed by atoms with Gasteiger partial charge in [-0.15, -0.1) is 0 Å². The lowest BCUT2D eigenvalue weighted by Gasteiger charge is -2.28. The molecule has 0 amide bonds. The summed E-state index contributed by atoms with van der Waals surface area (Å²) in [4.78, 5) is 20.9. The molecule has 0 aliphatic carbocycles. The molecule has 1 aliphatic rings. The zero-order valence-electron chi connectivity index (χ0n) is 16.5. The number of carbonyl (C=O) groups excluding carboxylic acids is 1. The summed E-state index contributed by atoms with van der Waals surface area (Å²) in [6.07, 6.45) is 2.40. The lowest BCUT2D eigenvalue weighted by Crippen LogP contribution is -2.38. The Balaban J connectivity index is 1.84. The van der Waals surface area contributed by atoms with Crippen molar-refractivity contribution in [2.24, 2.45) is 5.92 Å². The van der Waals surface area contributed by atoms with Gasteiger partial charge in [-0.05, 0) is 53.9 Å². The van der Waals surface area contributed by atoms with Crippen LogP contribution in [-0.2, 0) is 9.47 Å². The van der Waals surface area contributed by atoms with Gasteiger partial charge in [0.1, 0.15) is 5.82 Å². The van der Waals surface area contributed by atoms with Gasteiger partial charge in [-0.3, -0.25) is 0 Å². The van der Waals surface area contributed by atoms with E-state index in [-0.39, 0.29) is 12.0 Å². The van der Waals surface area contributed by atoms with Crippen molar-refractivity contribution in [2.75, 3.05) is 31.0 Å². The number of carbonyl (C=O) groups is 1. The van der Waals surface area contributed by atoms with E-state index in [0.29, 0.717) is 47.1 Å². The van der Waals surface area contributed by atoms with Gasteiger partial charge >= 0.3 is 5.97 Å². The van der Waals surface area contributed by atoms with Crippen molar-refractivity contribution in [3.63, 3.8) is 0 Å². The Labute approximate surface area is 177 Å². The number of anilines is 3. The standard InChI is InChI=1S/C20H22BrN5O3/c1-11-6-14(7-15(17(11)21)19(27)28-3)24-20-23-9-12(2)18(26-20)25-16-10-29-5-4-13(16)8-22/h6-7,9,13,16H,4-5,10H2,1-3H3,(H2,23,24,25,26)/t13-,16+/m0/s1. The molecule has 1 fully saturated rings. The van der Waals surface area contributed by atoms with Gasteiger partial charge in [0.2, 0.25) is 5.95 Å². The number of nitriles is 1. The average molecular weight is 460 g/mol. The summed E-state index contributed by atoms with van der Waals surface area (Å²) in [6, 6.07) is 5.77. The number of hydrogen-bond donors (Lipinski definition) is 2. The molecule has 1 aromatic heterocycles. The molecule has 152 valence electrons. The van der Waals surface area contributed by atoms with Crippen LogP contribution in [0.2, 0.25) is 0 Å². The Bertz CT molecular complexity index is 960. The minimum Gasteiger partial charge on any atom is -0.465 e. The number of nitrogens with one attached hydrogen (secondary N) is 2. The quantitative estimate of drug-likeness (QED) is 0.650. The lowest BCUT2D eigenvalue weighted by molar-refractivity contribution is 0.0599. The van der Waals surface area contributed by atoms with Gasteiger partial charge in [-0.1, -0.05) is 0 Å². The van der Waals surface area contributed by atoms with E-state index in [4.69, 9.17) is 9.47 Å². The van der Waals surface area contributed by atoms with Gasteiger partial charge in [0.05, 0.1) is 37.3 Å². The molecule has 3 rings (SSSR count). The van der Waals surface area contributed by atoms with Crippen molar-refractivity contribution in [1.82, 2.24) is 9.97 Å². The highest BCUT2D eigenvalue weighted by atomic mass is 79.9. The summed E-state index contributed by atoms with van der Waals surface area (Å²) >= 11 is 3.42. The largest absolute Gasteiger partial charge is 0.465 e. The second-order valence-corrected chi connectivity index (χ2v) is 7.64. The fraction of sp³-hybridized carbons (Fsp3) is 0.400. The Morgan fingerprint density at radius 3 is 2.90 bits per heavy atom. The monoisotopic (exact) mass is 459 g/mol. The first kappa shape index (κ1) is 21.0. The maximum atomic E-state index is 12.0. The predicted octanol–water partition coefficient (Wildman–Crippen LogP) is 3.73. The summed E-state index contributed by atoms with van der Waals surface area (Å²) < 4.78 is 11.0. The zero-order chi connectivity index (χ0) is 21.0. The minimum absolute atomic E-state index is 0.129. The normalized spacial score (nSPS) is 18.6. The van der Waals surface area contributed by atoms with Crippen molar-refractivity contribution in [1.29, 1.82) is 5.26 Å². The van der Waals surface area contributed by atoms with E-state index in [1.807, 2.05) is 19.9 Å². The van der Waals surface area contributed by atoms with Gasteiger partial charge < -0.3 is 20.1 Å². The molecular weight excluding hydrogens is 438 g/mol. The molecule has 29 heavy (non-hydrogen) atoms. The van der Waals surface area contributed by atoms with E-state index in [1.165, 1.54) is 7.11 Å². The molecule has 2 aromatic rings. The summed E-state index contributed by atoms with van der Waals surface area (Å²) in [5, 5.41) is 15.8. The molecule has 2 atom stereocenters. The van der Waals surface area contributed by atoms with Gasteiger partial charge in [0, 0.05) is 28.5 Å². The number of methoxy groups -OCH3 is 1. The number of hydrogen-bond acceptors (Lipinski definition) is 8. The highest BCUT2D eigenvalue weighted by Crippen LogP contribution is 2.28. The first-order valence-electron chi connectivity index (χ1n) is 9.16. The Kier molecular flexibility index (Phi) is 6.67. The number of ether oxygens (including phenoxy) is 2. The van der Waals surface area contributed by atoms with Crippen LogP contribution in [0.15, 0.2) is 22.8 Å². The molecule has 0 bridgehead atoms. The summed E-state index contributed by atoms with van der Waals surface area (Å²) in [5.41, 5.74) is 2.81. The molecule has 0 saturated carbocycles. The highest BCUT2D eigenvalue weighted by Gasteiger charge is 2.26. The van der Waals surface area contributed by atoms with Gasteiger partial charge in [0.25, 0.3) is 0 Å². The number of esters is 1. The molecule has 0 unspecified atom stereocenters. The van der Waals surface area contributed by atoms with Gasteiger partial charge in [0.15, 0.2) is 0 Å². The maximum absolute atomic E-state index is 12.0. The second-order valence-electron chi connectivity index (χ2n) is 6.85. The van der Waals surface area contributed by atoms with Crippen molar-refractivity contribution in [2.45, 2.75) is 26.3 Å². The van der Waals surface area contributed by atoms with Crippen LogP contribution < -0.4 is 10.6 Å². The number of aromatic nitrogens is 2. The van der Waals surface area contributed by atoms with E-state index in [2.05, 4.69) is 42.6 Å². The average Bonchev–Trinajstić information content (AvgIpc) is 2.72. The third-order valence-electron chi connectivity index (χ3n) is 4.73. The van der Waals surface area contributed by atoms with Crippen molar-refractivity contribution >= 4 is 39.4 Å². The van der Waals surface area contributed by atoms with Crippen LogP contribution in [-0.4, -0.2) is 42.3 Å². The van der Waals surface area contributed by atoms with E-state index in [9.17, 15) is 10.1 Å². The number of benzene rings is 1. The van der Waals surface area contributed by atoms with E-state index in [1.54, 1.807) is 12.3 Å². The summed E-state index contributed by atoms with van der Waals surface area (Å²) in [5.74, 6) is 0.447. The molecule has 0 radical (unpaired) electrons. The van der Waals surface area contributed by atoms with Crippen LogP contribution in [0.4, 0.5) is 17.5 Å². The fourth-order valence-electron chi connectivity index (χ4n) is 3.09. The van der Waals surface area contributed by atoms with Gasteiger partial charge in [-0.25, -0.2) is 9.78 Å². The molecule has 2 N–H and O–H groups in total. The third-order valence-corrected chi connectivity index (χ3v) is 5.78. The van der Waals surface area contributed by atoms with Crippen LogP contribution in [0.3, 0.4) is 0 Å². The zero-order valence-corrected chi connectivity index (χ0v) is 18.0. The topological polar surface area (TPSA) is 109 Å². The van der Waals surface area contributed by atoms with E-state index >= 15 is 0 Å². The number of aryl methyl sites for hydroxylation is 2. The Morgan fingerprint density at radius 1 is 1.38 bits per heavy atom. The second kappa shape index (κ2) is 9.20. The van der Waals surface area contributed by atoms with Crippen molar-refractivity contribution in [3.05, 3.63) is 39.5 Å². The Morgan fingerprint density at radius 2 is 2.17 bits per heavy atom. The van der Waals surface area contributed by atoms with Crippen LogP contribution in [0, 0.1) is 31.1 Å².